The molecule has 0 atom stereocenters. The highest BCUT2D eigenvalue weighted by molar-refractivity contribution is 6.04. The van der Waals surface area contributed by atoms with Crippen LogP contribution in [0.25, 0.3) is 0 Å². The number of amides is 1. The SMILES string of the molecule is O=C(Nc1cc2c(oc1=O)CCCC2)c1ccccc1. The summed E-state index contributed by atoms with van der Waals surface area (Å²) in [6, 6.07) is 10.6. The molecule has 0 fully saturated rings. The standard InChI is InChI=1S/C16H15NO3/c18-15(11-6-2-1-3-7-11)17-13-10-12-8-4-5-9-14(12)20-16(13)19/h1-3,6-7,10H,4-5,8-9H2,(H,17,18). The molecule has 0 radical (unpaired) electrons. The first-order valence-corrected chi connectivity index (χ1v) is 6.76. The van der Waals surface area contributed by atoms with Crippen molar-refractivity contribution in [3.05, 3.63) is 63.7 Å². The highest BCUT2D eigenvalue weighted by atomic mass is 16.4. The van der Waals surface area contributed by atoms with Gasteiger partial charge in [-0.2, -0.15) is 0 Å². The zero-order chi connectivity index (χ0) is 13.9. The quantitative estimate of drug-likeness (QED) is 0.912. The molecule has 1 heterocycles. The van der Waals surface area contributed by atoms with Crippen LogP contribution < -0.4 is 10.9 Å². The third kappa shape index (κ3) is 2.50. The second kappa shape index (κ2) is 5.33. The first-order valence-electron chi connectivity index (χ1n) is 6.76. The molecule has 4 heteroatoms. The average molecular weight is 269 g/mol. The molecule has 1 amide bonds. The van der Waals surface area contributed by atoms with Gasteiger partial charge < -0.3 is 9.73 Å². The third-order valence-electron chi connectivity index (χ3n) is 3.50. The summed E-state index contributed by atoms with van der Waals surface area (Å²) in [5.41, 5.74) is 1.29. The van der Waals surface area contributed by atoms with Gasteiger partial charge in [-0.3, -0.25) is 4.79 Å². The van der Waals surface area contributed by atoms with E-state index in [1.54, 1.807) is 30.3 Å². The number of fused-ring (bicyclic) bond motifs is 1. The molecule has 0 unspecified atom stereocenters. The number of nitrogens with one attached hydrogen (secondary N) is 1. The fourth-order valence-corrected chi connectivity index (χ4v) is 2.44. The molecule has 0 saturated heterocycles. The van der Waals surface area contributed by atoms with Crippen LogP contribution in [0.3, 0.4) is 0 Å². The van der Waals surface area contributed by atoms with Gasteiger partial charge in [-0.05, 0) is 43.0 Å². The van der Waals surface area contributed by atoms with Crippen molar-refractivity contribution >= 4 is 11.6 Å². The van der Waals surface area contributed by atoms with Gasteiger partial charge in [0.2, 0.25) is 0 Å². The lowest BCUT2D eigenvalue weighted by Gasteiger charge is -2.14. The fourth-order valence-electron chi connectivity index (χ4n) is 2.44. The smallest absolute Gasteiger partial charge is 0.359 e. The number of carbonyl (C=O) groups is 1. The highest BCUT2D eigenvalue weighted by Gasteiger charge is 2.16. The molecule has 0 aliphatic heterocycles. The van der Waals surface area contributed by atoms with Crippen LogP contribution in [0.15, 0.2) is 45.6 Å². The number of rotatable bonds is 2. The number of benzene rings is 1. The molecule has 4 nitrogen and oxygen atoms in total. The monoisotopic (exact) mass is 269 g/mol. The van der Waals surface area contributed by atoms with E-state index >= 15 is 0 Å². The topological polar surface area (TPSA) is 59.3 Å². The Hall–Kier alpha value is -2.36. The van der Waals surface area contributed by atoms with Gasteiger partial charge >= 0.3 is 5.63 Å². The molecule has 1 aliphatic rings. The molecule has 0 spiro atoms. The Morgan fingerprint density at radius 3 is 2.65 bits per heavy atom. The van der Waals surface area contributed by atoms with Crippen molar-refractivity contribution in [1.29, 1.82) is 0 Å². The lowest BCUT2D eigenvalue weighted by atomic mass is 9.97. The Morgan fingerprint density at radius 1 is 1.10 bits per heavy atom. The Labute approximate surface area is 116 Å². The predicted molar refractivity (Wildman–Crippen MR) is 76.0 cm³/mol. The average Bonchev–Trinajstić information content (AvgIpc) is 2.49. The largest absolute Gasteiger partial charge is 0.426 e. The first-order chi connectivity index (χ1) is 9.74. The zero-order valence-corrected chi connectivity index (χ0v) is 11.0. The van der Waals surface area contributed by atoms with Crippen LogP contribution in [-0.4, -0.2) is 5.91 Å². The Kier molecular flexibility index (Phi) is 3.37. The molecular weight excluding hydrogens is 254 g/mol. The maximum atomic E-state index is 12.0. The zero-order valence-electron chi connectivity index (χ0n) is 11.0. The van der Waals surface area contributed by atoms with Gasteiger partial charge in [-0.15, -0.1) is 0 Å². The first kappa shape index (κ1) is 12.7. The van der Waals surface area contributed by atoms with Crippen molar-refractivity contribution in [2.45, 2.75) is 25.7 Å². The summed E-state index contributed by atoms with van der Waals surface area (Å²) < 4.78 is 5.30. The van der Waals surface area contributed by atoms with Gasteiger partial charge in [0.15, 0.2) is 0 Å². The minimum atomic E-state index is -0.477. The van der Waals surface area contributed by atoms with Gasteiger partial charge in [0, 0.05) is 12.0 Å². The van der Waals surface area contributed by atoms with E-state index in [0.29, 0.717) is 5.56 Å². The van der Waals surface area contributed by atoms with Gasteiger partial charge in [0.25, 0.3) is 5.91 Å². The Bertz CT molecular complexity index is 689. The highest BCUT2D eigenvalue weighted by Crippen LogP contribution is 2.22. The van der Waals surface area contributed by atoms with E-state index in [1.807, 2.05) is 6.07 Å². The normalized spacial score (nSPS) is 13.6. The van der Waals surface area contributed by atoms with Crippen LogP contribution in [0.4, 0.5) is 5.69 Å². The maximum Gasteiger partial charge on any atom is 0.359 e. The molecular formula is C16H15NO3. The van der Waals surface area contributed by atoms with E-state index in [1.165, 1.54) is 0 Å². The summed E-state index contributed by atoms with van der Waals surface area (Å²) in [4.78, 5) is 23.9. The minimum absolute atomic E-state index is 0.222. The van der Waals surface area contributed by atoms with Crippen LogP contribution in [-0.2, 0) is 12.8 Å². The van der Waals surface area contributed by atoms with E-state index in [9.17, 15) is 9.59 Å². The Balaban J connectivity index is 1.88. The van der Waals surface area contributed by atoms with Crippen LogP contribution in [0.2, 0.25) is 0 Å². The van der Waals surface area contributed by atoms with Gasteiger partial charge in [0.1, 0.15) is 11.4 Å². The van der Waals surface area contributed by atoms with Gasteiger partial charge in [0.05, 0.1) is 0 Å². The van der Waals surface area contributed by atoms with Crippen LogP contribution in [0, 0.1) is 0 Å². The van der Waals surface area contributed by atoms with Crippen LogP contribution >= 0.6 is 0 Å². The number of carbonyl (C=O) groups excluding carboxylic acids is 1. The third-order valence-corrected chi connectivity index (χ3v) is 3.50. The van der Waals surface area contributed by atoms with Crippen molar-refractivity contribution < 1.29 is 9.21 Å². The lowest BCUT2D eigenvalue weighted by molar-refractivity contribution is 0.102. The van der Waals surface area contributed by atoms with E-state index in [2.05, 4.69) is 5.32 Å². The van der Waals surface area contributed by atoms with Crippen molar-refractivity contribution in [3.63, 3.8) is 0 Å². The minimum Gasteiger partial charge on any atom is -0.426 e. The summed E-state index contributed by atoms with van der Waals surface area (Å²) >= 11 is 0. The number of anilines is 1. The summed E-state index contributed by atoms with van der Waals surface area (Å²) in [5.74, 6) is 0.465. The van der Waals surface area contributed by atoms with E-state index < -0.39 is 5.63 Å². The lowest BCUT2D eigenvalue weighted by Crippen LogP contribution is -2.19. The Morgan fingerprint density at radius 2 is 1.85 bits per heavy atom. The van der Waals surface area contributed by atoms with Crippen LogP contribution in [0.5, 0.6) is 0 Å². The maximum absolute atomic E-state index is 12.0. The second-order valence-corrected chi connectivity index (χ2v) is 4.92. The van der Waals surface area contributed by atoms with Crippen molar-refractivity contribution in [1.82, 2.24) is 0 Å². The molecule has 102 valence electrons. The molecule has 0 bridgehead atoms. The summed E-state index contributed by atoms with van der Waals surface area (Å²) in [6.07, 6.45) is 3.84. The molecule has 1 aliphatic carbocycles. The second-order valence-electron chi connectivity index (χ2n) is 4.92. The number of hydrogen-bond acceptors (Lipinski definition) is 3. The molecule has 0 saturated carbocycles. The summed E-state index contributed by atoms with van der Waals surface area (Å²) in [5, 5.41) is 2.63. The van der Waals surface area contributed by atoms with Crippen LogP contribution in [0.1, 0.15) is 34.5 Å². The molecule has 3 rings (SSSR count). The molecule has 1 aromatic heterocycles. The fraction of sp³-hybridized carbons (Fsp3) is 0.250. The number of aryl methyl sites for hydroxylation is 2. The van der Waals surface area contributed by atoms with E-state index in [-0.39, 0.29) is 11.6 Å². The summed E-state index contributed by atoms with van der Waals surface area (Å²) in [7, 11) is 0. The van der Waals surface area contributed by atoms with Gasteiger partial charge in [-0.25, -0.2) is 4.79 Å². The summed E-state index contributed by atoms with van der Waals surface area (Å²) in [6.45, 7) is 0. The number of hydrogen-bond donors (Lipinski definition) is 1. The van der Waals surface area contributed by atoms with Crippen molar-refractivity contribution in [2.24, 2.45) is 0 Å². The molecule has 1 N–H and O–H groups in total. The van der Waals surface area contributed by atoms with E-state index in [0.717, 1.165) is 37.0 Å². The van der Waals surface area contributed by atoms with Crippen molar-refractivity contribution in [2.75, 3.05) is 5.32 Å². The predicted octanol–water partition coefficient (Wildman–Crippen LogP) is 2.77. The molecule has 2 aromatic rings. The molecule has 20 heavy (non-hydrogen) atoms. The van der Waals surface area contributed by atoms with E-state index in [4.69, 9.17) is 4.42 Å². The van der Waals surface area contributed by atoms with Crippen molar-refractivity contribution in [3.8, 4) is 0 Å². The molecule has 1 aromatic carbocycles. The van der Waals surface area contributed by atoms with Gasteiger partial charge in [-0.1, -0.05) is 18.2 Å².